The van der Waals surface area contributed by atoms with Crippen LogP contribution in [0.1, 0.15) is 38.4 Å². The van der Waals surface area contributed by atoms with E-state index in [-0.39, 0.29) is 24.1 Å². The second-order valence-corrected chi connectivity index (χ2v) is 5.71. The van der Waals surface area contributed by atoms with Crippen molar-refractivity contribution in [3.05, 3.63) is 29.8 Å². The third-order valence-electron chi connectivity index (χ3n) is 3.80. The maximum Gasteiger partial charge on any atom is 0.324 e. The Bertz CT molecular complexity index is 699. The predicted molar refractivity (Wildman–Crippen MR) is 84.3 cm³/mol. The smallest absolute Gasteiger partial charge is 0.324 e. The molecule has 122 valence electrons. The van der Waals surface area contributed by atoms with Crippen molar-refractivity contribution in [2.75, 3.05) is 18.5 Å². The molecule has 1 aliphatic heterocycles. The number of carbonyl (C=O) groups is 1. The van der Waals surface area contributed by atoms with Gasteiger partial charge in [0.15, 0.2) is 0 Å². The Morgan fingerprint density at radius 2 is 2.17 bits per heavy atom. The standard InChI is InChI=1S/C15H20N6O2/c1-10(2)21-18-14(17-19-21)16-15(22)20-8-9-23-13-7-5-4-6-12(13)11(20)3/h4-7,10-11H,8-9H2,1-3H3,(H,16,18,22). The average Bonchev–Trinajstić information content (AvgIpc) is 2.93. The number of nitrogens with one attached hydrogen (secondary N) is 1. The molecule has 1 aliphatic rings. The van der Waals surface area contributed by atoms with E-state index in [4.69, 9.17) is 4.74 Å². The molecule has 2 aromatic rings. The van der Waals surface area contributed by atoms with Crippen molar-refractivity contribution in [1.82, 2.24) is 25.1 Å². The largest absolute Gasteiger partial charge is 0.491 e. The van der Waals surface area contributed by atoms with Gasteiger partial charge in [0, 0.05) is 5.56 Å². The second-order valence-electron chi connectivity index (χ2n) is 5.71. The summed E-state index contributed by atoms with van der Waals surface area (Å²) in [6.07, 6.45) is 0. The van der Waals surface area contributed by atoms with Gasteiger partial charge in [0.25, 0.3) is 5.95 Å². The van der Waals surface area contributed by atoms with E-state index in [0.29, 0.717) is 13.2 Å². The molecule has 1 unspecified atom stereocenters. The zero-order valence-corrected chi connectivity index (χ0v) is 13.4. The van der Waals surface area contributed by atoms with Crippen molar-refractivity contribution in [2.45, 2.75) is 32.9 Å². The normalized spacial score (nSPS) is 17.4. The summed E-state index contributed by atoms with van der Waals surface area (Å²) in [5, 5.41) is 14.6. The van der Waals surface area contributed by atoms with E-state index in [1.165, 1.54) is 4.80 Å². The lowest BCUT2D eigenvalue weighted by Crippen LogP contribution is -2.38. The van der Waals surface area contributed by atoms with Gasteiger partial charge in [0.05, 0.1) is 18.6 Å². The van der Waals surface area contributed by atoms with Crippen molar-refractivity contribution in [3.8, 4) is 5.75 Å². The molecule has 3 rings (SSSR count). The Hall–Kier alpha value is -2.64. The molecule has 0 saturated heterocycles. The fraction of sp³-hybridized carbons (Fsp3) is 0.467. The second kappa shape index (κ2) is 6.23. The van der Waals surface area contributed by atoms with E-state index < -0.39 is 0 Å². The lowest BCUT2D eigenvalue weighted by Gasteiger charge is -2.26. The van der Waals surface area contributed by atoms with Crippen LogP contribution >= 0.6 is 0 Å². The number of rotatable bonds is 2. The third kappa shape index (κ3) is 3.10. The topological polar surface area (TPSA) is 85.2 Å². The molecule has 8 heteroatoms. The number of amides is 2. The minimum Gasteiger partial charge on any atom is -0.491 e. The zero-order valence-electron chi connectivity index (χ0n) is 13.4. The number of tetrazole rings is 1. The average molecular weight is 316 g/mol. The molecule has 1 aromatic carbocycles. The Kier molecular flexibility index (Phi) is 4.14. The summed E-state index contributed by atoms with van der Waals surface area (Å²) in [7, 11) is 0. The number of ether oxygens (including phenoxy) is 1. The number of para-hydroxylation sites is 1. The summed E-state index contributed by atoms with van der Waals surface area (Å²) in [6, 6.07) is 7.48. The van der Waals surface area contributed by atoms with Crippen LogP contribution in [0.25, 0.3) is 0 Å². The lowest BCUT2D eigenvalue weighted by molar-refractivity contribution is 0.185. The fourth-order valence-electron chi connectivity index (χ4n) is 2.51. The highest BCUT2D eigenvalue weighted by Crippen LogP contribution is 2.31. The number of fused-ring (bicyclic) bond motifs is 1. The molecular weight excluding hydrogens is 296 g/mol. The van der Waals surface area contributed by atoms with Crippen LogP contribution in [0.4, 0.5) is 10.7 Å². The summed E-state index contributed by atoms with van der Waals surface area (Å²) in [5.41, 5.74) is 0.985. The highest BCUT2D eigenvalue weighted by atomic mass is 16.5. The van der Waals surface area contributed by atoms with Crippen molar-refractivity contribution >= 4 is 12.0 Å². The van der Waals surface area contributed by atoms with Crippen molar-refractivity contribution in [1.29, 1.82) is 0 Å². The van der Waals surface area contributed by atoms with Gasteiger partial charge in [0.1, 0.15) is 12.4 Å². The van der Waals surface area contributed by atoms with E-state index >= 15 is 0 Å². The SMILES string of the molecule is CC1c2ccccc2OCCN1C(=O)Nc1nnn(C(C)C)n1. The van der Waals surface area contributed by atoms with Crippen molar-refractivity contribution < 1.29 is 9.53 Å². The molecule has 1 atom stereocenters. The summed E-state index contributed by atoms with van der Waals surface area (Å²) < 4.78 is 5.72. The molecule has 0 radical (unpaired) electrons. The van der Waals surface area contributed by atoms with Gasteiger partial charge in [-0.1, -0.05) is 23.3 Å². The van der Waals surface area contributed by atoms with E-state index in [9.17, 15) is 4.79 Å². The summed E-state index contributed by atoms with van der Waals surface area (Å²) >= 11 is 0. The van der Waals surface area contributed by atoms with Crippen LogP contribution in [-0.2, 0) is 0 Å². The minimum absolute atomic E-state index is 0.0885. The number of anilines is 1. The summed E-state index contributed by atoms with van der Waals surface area (Å²) in [4.78, 5) is 15.7. The molecule has 0 spiro atoms. The first-order valence-electron chi connectivity index (χ1n) is 7.65. The quantitative estimate of drug-likeness (QED) is 0.918. The first-order chi connectivity index (χ1) is 11.1. The molecule has 0 aliphatic carbocycles. The number of aromatic nitrogens is 4. The molecule has 2 amide bonds. The van der Waals surface area contributed by atoms with Crippen LogP contribution in [0.2, 0.25) is 0 Å². The third-order valence-corrected chi connectivity index (χ3v) is 3.80. The molecule has 23 heavy (non-hydrogen) atoms. The van der Waals surface area contributed by atoms with Gasteiger partial charge < -0.3 is 9.64 Å². The maximum absolute atomic E-state index is 12.6. The van der Waals surface area contributed by atoms with Crippen molar-refractivity contribution in [3.63, 3.8) is 0 Å². The molecule has 2 heterocycles. The van der Waals surface area contributed by atoms with Gasteiger partial charge >= 0.3 is 6.03 Å². The Balaban J connectivity index is 1.76. The molecule has 0 fully saturated rings. The van der Waals surface area contributed by atoms with Gasteiger partial charge in [-0.2, -0.15) is 4.80 Å². The number of benzene rings is 1. The van der Waals surface area contributed by atoms with E-state index in [2.05, 4.69) is 20.7 Å². The Morgan fingerprint density at radius 1 is 1.39 bits per heavy atom. The highest BCUT2D eigenvalue weighted by Gasteiger charge is 2.27. The molecule has 1 aromatic heterocycles. The number of nitrogens with zero attached hydrogens (tertiary/aromatic N) is 5. The Labute approximate surface area is 134 Å². The van der Waals surface area contributed by atoms with Gasteiger partial charge in [-0.05, 0) is 32.1 Å². The monoisotopic (exact) mass is 316 g/mol. The van der Waals surface area contributed by atoms with Crippen LogP contribution in [-0.4, -0.2) is 44.3 Å². The number of carbonyl (C=O) groups excluding carboxylic acids is 1. The van der Waals surface area contributed by atoms with Crippen LogP contribution in [0.3, 0.4) is 0 Å². The maximum atomic E-state index is 12.6. The van der Waals surface area contributed by atoms with Gasteiger partial charge in [-0.25, -0.2) is 4.79 Å². The van der Waals surface area contributed by atoms with E-state index in [0.717, 1.165) is 11.3 Å². The zero-order chi connectivity index (χ0) is 16.4. The first kappa shape index (κ1) is 15.3. The number of hydrogen-bond donors (Lipinski definition) is 1. The number of hydrogen-bond acceptors (Lipinski definition) is 5. The van der Waals surface area contributed by atoms with E-state index in [1.807, 2.05) is 45.0 Å². The van der Waals surface area contributed by atoms with Crippen LogP contribution < -0.4 is 10.1 Å². The van der Waals surface area contributed by atoms with E-state index in [1.54, 1.807) is 4.90 Å². The van der Waals surface area contributed by atoms with Crippen LogP contribution in [0.15, 0.2) is 24.3 Å². The number of urea groups is 1. The lowest BCUT2D eigenvalue weighted by atomic mass is 10.1. The summed E-state index contributed by atoms with van der Waals surface area (Å²) in [6.45, 7) is 6.79. The predicted octanol–water partition coefficient (Wildman–Crippen LogP) is 2.24. The molecule has 8 nitrogen and oxygen atoms in total. The van der Waals surface area contributed by atoms with Gasteiger partial charge in [-0.15, -0.1) is 5.10 Å². The van der Waals surface area contributed by atoms with Gasteiger partial charge in [0.2, 0.25) is 0 Å². The molecule has 0 saturated carbocycles. The first-order valence-corrected chi connectivity index (χ1v) is 7.65. The fourth-order valence-corrected chi connectivity index (χ4v) is 2.51. The van der Waals surface area contributed by atoms with Crippen molar-refractivity contribution in [2.24, 2.45) is 0 Å². The van der Waals surface area contributed by atoms with Gasteiger partial charge in [-0.3, -0.25) is 5.32 Å². The van der Waals surface area contributed by atoms with Crippen LogP contribution in [0, 0.1) is 0 Å². The molecule has 1 N–H and O–H groups in total. The highest BCUT2D eigenvalue weighted by molar-refractivity contribution is 5.87. The van der Waals surface area contributed by atoms with Crippen LogP contribution in [0.5, 0.6) is 5.75 Å². The Morgan fingerprint density at radius 3 is 2.91 bits per heavy atom. The molecular formula is C15H20N6O2. The minimum atomic E-state index is -0.263. The summed E-state index contributed by atoms with van der Waals surface area (Å²) in [5.74, 6) is 1.02. The molecule has 0 bridgehead atoms.